The number of piperazine rings is 1. The molecule has 1 aromatic carbocycles. The summed E-state index contributed by atoms with van der Waals surface area (Å²) in [6.45, 7) is 4.71. The van der Waals surface area contributed by atoms with Crippen LogP contribution < -0.4 is 4.90 Å². The quantitative estimate of drug-likeness (QED) is 0.619. The van der Waals surface area contributed by atoms with E-state index in [0.29, 0.717) is 49.3 Å². The summed E-state index contributed by atoms with van der Waals surface area (Å²) in [5.41, 5.74) is 0.620. The predicted molar refractivity (Wildman–Crippen MR) is 111 cm³/mol. The van der Waals surface area contributed by atoms with Gasteiger partial charge in [-0.05, 0) is 24.3 Å². The van der Waals surface area contributed by atoms with Crippen molar-refractivity contribution in [1.82, 2.24) is 19.7 Å². The van der Waals surface area contributed by atoms with Crippen LogP contribution in [0.4, 0.5) is 10.1 Å². The van der Waals surface area contributed by atoms with Crippen molar-refractivity contribution >= 4 is 23.4 Å². The SMILES string of the molecule is CCc1nc2n(n1)C(=O)C(C(c1ccco1)N1CCN(c3ccccc3F)CC1)S2. The summed E-state index contributed by atoms with van der Waals surface area (Å²) >= 11 is 1.44. The number of para-hydroxylation sites is 1. The van der Waals surface area contributed by atoms with Crippen LogP contribution >= 0.6 is 11.8 Å². The molecule has 0 saturated carbocycles. The molecule has 156 valence electrons. The normalized spacial score (nSPS) is 20.5. The highest BCUT2D eigenvalue weighted by Crippen LogP contribution is 2.41. The largest absolute Gasteiger partial charge is 0.468 e. The number of carbonyl (C=O) groups is 1. The highest BCUT2D eigenvalue weighted by Gasteiger charge is 2.44. The van der Waals surface area contributed by atoms with Crippen molar-refractivity contribution in [2.24, 2.45) is 0 Å². The van der Waals surface area contributed by atoms with Crippen LogP contribution in [0.2, 0.25) is 0 Å². The second-order valence-corrected chi connectivity index (χ2v) is 8.50. The van der Waals surface area contributed by atoms with Crippen molar-refractivity contribution in [2.45, 2.75) is 29.8 Å². The first-order valence-corrected chi connectivity index (χ1v) is 11.0. The lowest BCUT2D eigenvalue weighted by molar-refractivity contribution is 0.0813. The van der Waals surface area contributed by atoms with Crippen LogP contribution in [0.15, 0.2) is 52.2 Å². The van der Waals surface area contributed by atoms with Crippen LogP contribution in [-0.2, 0) is 6.42 Å². The second-order valence-electron chi connectivity index (χ2n) is 7.39. The van der Waals surface area contributed by atoms with E-state index in [1.54, 1.807) is 18.4 Å². The van der Waals surface area contributed by atoms with Crippen molar-refractivity contribution in [3.8, 4) is 0 Å². The number of benzene rings is 1. The Labute approximate surface area is 177 Å². The highest BCUT2D eigenvalue weighted by atomic mass is 32.2. The second kappa shape index (κ2) is 7.88. The van der Waals surface area contributed by atoms with Crippen LogP contribution in [0.1, 0.15) is 29.3 Å². The molecule has 1 fully saturated rings. The molecule has 2 atom stereocenters. The summed E-state index contributed by atoms with van der Waals surface area (Å²) in [6.07, 6.45) is 2.33. The molecule has 2 aliphatic rings. The summed E-state index contributed by atoms with van der Waals surface area (Å²) in [4.78, 5) is 21.9. The van der Waals surface area contributed by atoms with Gasteiger partial charge in [0.1, 0.15) is 16.8 Å². The first kappa shape index (κ1) is 19.3. The van der Waals surface area contributed by atoms with Gasteiger partial charge in [-0.25, -0.2) is 9.37 Å². The van der Waals surface area contributed by atoms with E-state index in [-0.39, 0.29) is 23.0 Å². The standard InChI is InChI=1S/C21H22FN5O2S/c1-2-17-23-21-27(24-17)20(28)19(30-21)18(16-8-5-13-29-16)26-11-9-25(10-12-26)15-7-4-3-6-14(15)22/h3-8,13,18-19H,2,9-12H2,1H3. The van der Waals surface area contributed by atoms with Gasteiger partial charge in [0.15, 0.2) is 11.0 Å². The Kier molecular flexibility index (Phi) is 5.08. The number of fused-ring (bicyclic) bond motifs is 1. The van der Waals surface area contributed by atoms with E-state index in [1.165, 1.54) is 22.5 Å². The Hall–Kier alpha value is -2.65. The molecule has 5 rings (SSSR count). The minimum absolute atomic E-state index is 0.0693. The van der Waals surface area contributed by atoms with Gasteiger partial charge in [0.2, 0.25) is 0 Å². The Balaban J connectivity index is 1.37. The minimum atomic E-state index is -0.378. The van der Waals surface area contributed by atoms with E-state index in [1.807, 2.05) is 25.1 Å². The third-order valence-corrected chi connectivity index (χ3v) is 6.83. The number of thioether (sulfide) groups is 1. The van der Waals surface area contributed by atoms with E-state index in [4.69, 9.17) is 4.42 Å². The number of rotatable bonds is 5. The molecule has 0 bridgehead atoms. The molecule has 0 N–H and O–H groups in total. The number of furan rings is 1. The minimum Gasteiger partial charge on any atom is -0.468 e. The number of hydrogen-bond donors (Lipinski definition) is 0. The number of halogens is 1. The van der Waals surface area contributed by atoms with Gasteiger partial charge in [-0.2, -0.15) is 4.68 Å². The molecule has 2 unspecified atom stereocenters. The van der Waals surface area contributed by atoms with Gasteiger partial charge in [0.25, 0.3) is 5.91 Å². The van der Waals surface area contributed by atoms with E-state index in [9.17, 15) is 9.18 Å². The molecule has 9 heteroatoms. The lowest BCUT2D eigenvalue weighted by Crippen LogP contribution is -2.50. The average molecular weight is 428 g/mol. The zero-order valence-electron chi connectivity index (χ0n) is 16.6. The Morgan fingerprint density at radius 1 is 1.20 bits per heavy atom. The Morgan fingerprint density at radius 2 is 2.00 bits per heavy atom. The van der Waals surface area contributed by atoms with Crippen LogP contribution in [0.5, 0.6) is 0 Å². The lowest BCUT2D eigenvalue weighted by atomic mass is 10.1. The molecular formula is C21H22FN5O2S. The summed E-state index contributed by atoms with van der Waals surface area (Å²) in [5.74, 6) is 1.15. The topological polar surface area (TPSA) is 67.4 Å². The van der Waals surface area contributed by atoms with Crippen molar-refractivity contribution in [1.29, 1.82) is 0 Å². The van der Waals surface area contributed by atoms with Crippen molar-refractivity contribution < 1.29 is 13.6 Å². The van der Waals surface area contributed by atoms with Gasteiger partial charge in [0, 0.05) is 32.6 Å². The fourth-order valence-corrected chi connectivity index (χ4v) is 5.37. The Morgan fingerprint density at radius 3 is 2.67 bits per heavy atom. The van der Waals surface area contributed by atoms with Crippen LogP contribution in [0.3, 0.4) is 0 Å². The first-order valence-electron chi connectivity index (χ1n) is 10.1. The number of hydrogen-bond acceptors (Lipinski definition) is 7. The zero-order valence-corrected chi connectivity index (χ0v) is 17.4. The molecule has 0 radical (unpaired) electrons. The van der Waals surface area contributed by atoms with E-state index < -0.39 is 0 Å². The number of aryl methyl sites for hydroxylation is 1. The molecule has 0 spiro atoms. The lowest BCUT2D eigenvalue weighted by Gasteiger charge is -2.40. The Bertz CT molecular complexity index is 1050. The molecule has 30 heavy (non-hydrogen) atoms. The molecule has 4 heterocycles. The monoisotopic (exact) mass is 427 g/mol. The number of aromatic nitrogens is 3. The van der Waals surface area contributed by atoms with Gasteiger partial charge < -0.3 is 9.32 Å². The van der Waals surface area contributed by atoms with Crippen LogP contribution in [0, 0.1) is 5.82 Å². The molecule has 2 aromatic heterocycles. The molecule has 2 aliphatic heterocycles. The third-order valence-electron chi connectivity index (χ3n) is 5.64. The predicted octanol–water partition coefficient (Wildman–Crippen LogP) is 3.25. The van der Waals surface area contributed by atoms with Gasteiger partial charge >= 0.3 is 0 Å². The smallest absolute Gasteiger partial charge is 0.265 e. The first-order chi connectivity index (χ1) is 14.7. The summed E-state index contributed by atoms with van der Waals surface area (Å²) in [7, 11) is 0. The van der Waals surface area contributed by atoms with Gasteiger partial charge in [0.05, 0.1) is 18.0 Å². The van der Waals surface area contributed by atoms with E-state index in [0.717, 1.165) is 5.76 Å². The summed E-state index contributed by atoms with van der Waals surface area (Å²) in [5, 5.41) is 4.61. The molecular weight excluding hydrogens is 405 g/mol. The fourth-order valence-electron chi connectivity index (χ4n) is 4.12. The average Bonchev–Trinajstić information content (AvgIpc) is 3.49. The number of nitrogens with zero attached hydrogens (tertiary/aromatic N) is 5. The summed E-state index contributed by atoms with van der Waals surface area (Å²) in [6, 6.07) is 10.4. The molecule has 0 amide bonds. The molecule has 3 aromatic rings. The summed E-state index contributed by atoms with van der Waals surface area (Å²) < 4.78 is 21.4. The number of carbonyl (C=O) groups excluding carboxylic acids is 1. The molecule has 0 aliphatic carbocycles. The van der Waals surface area contributed by atoms with Crippen LogP contribution in [-0.4, -0.2) is 57.0 Å². The van der Waals surface area contributed by atoms with Gasteiger partial charge in [-0.1, -0.05) is 30.8 Å². The number of anilines is 1. The van der Waals surface area contributed by atoms with Crippen molar-refractivity contribution in [3.05, 3.63) is 60.1 Å². The molecule has 7 nitrogen and oxygen atoms in total. The maximum absolute atomic E-state index is 14.2. The van der Waals surface area contributed by atoms with Crippen molar-refractivity contribution in [2.75, 3.05) is 31.1 Å². The maximum Gasteiger partial charge on any atom is 0.265 e. The highest BCUT2D eigenvalue weighted by molar-refractivity contribution is 8.00. The van der Waals surface area contributed by atoms with E-state index in [2.05, 4.69) is 19.9 Å². The van der Waals surface area contributed by atoms with Gasteiger partial charge in [-0.3, -0.25) is 9.69 Å². The third kappa shape index (κ3) is 3.31. The fraction of sp³-hybridized carbons (Fsp3) is 0.381. The van der Waals surface area contributed by atoms with Gasteiger partial charge in [-0.15, -0.1) is 5.10 Å². The zero-order chi connectivity index (χ0) is 20.7. The van der Waals surface area contributed by atoms with Crippen LogP contribution in [0.25, 0.3) is 0 Å². The maximum atomic E-state index is 14.2. The molecule has 1 saturated heterocycles. The van der Waals surface area contributed by atoms with Crippen molar-refractivity contribution in [3.63, 3.8) is 0 Å². The van der Waals surface area contributed by atoms with E-state index >= 15 is 0 Å².